The van der Waals surface area contributed by atoms with Crippen molar-refractivity contribution in [3.63, 3.8) is 0 Å². The van der Waals surface area contributed by atoms with Crippen molar-refractivity contribution in [1.29, 1.82) is 5.26 Å². The van der Waals surface area contributed by atoms with Crippen LogP contribution in [0.3, 0.4) is 0 Å². The topological polar surface area (TPSA) is 336 Å². The fourth-order valence-corrected chi connectivity index (χ4v) is 6.38. The Hall–Kier alpha value is -8.77. The molecule has 0 saturated heterocycles. The number of anilines is 2. The van der Waals surface area contributed by atoms with E-state index in [-0.39, 0.29) is 47.2 Å². The second-order valence-corrected chi connectivity index (χ2v) is 15.4. The molecule has 4 aromatic rings. The van der Waals surface area contributed by atoms with Crippen LogP contribution >= 0.6 is 11.3 Å². The number of carbonyl (C=O) groups is 9. The molecule has 1 N–H and O–H groups in total. The van der Waals surface area contributed by atoms with E-state index in [1.807, 2.05) is 6.07 Å². The fourth-order valence-electron chi connectivity index (χ4n) is 5.58. The molecule has 0 atom stereocenters. The van der Waals surface area contributed by atoms with Crippen molar-refractivity contribution in [3.05, 3.63) is 69.4 Å². The van der Waals surface area contributed by atoms with Crippen LogP contribution in [-0.4, -0.2) is 132 Å². The summed E-state index contributed by atoms with van der Waals surface area (Å²) in [6.45, 7) is 0.880. The van der Waals surface area contributed by atoms with Gasteiger partial charge in [-0.15, -0.1) is 11.3 Å². The fraction of sp³-hybridized carbons (Fsp3) is 0.370. The maximum absolute atomic E-state index is 13.3. The van der Waals surface area contributed by atoms with Gasteiger partial charge >= 0.3 is 59.3 Å². The van der Waals surface area contributed by atoms with Crippen LogP contribution in [0, 0.1) is 18.3 Å². The van der Waals surface area contributed by atoms with Gasteiger partial charge in [0.2, 0.25) is 27.2 Å². The van der Waals surface area contributed by atoms with Crippen molar-refractivity contribution < 1.29 is 105 Å². The minimum atomic E-state index is -0.992. The molecule has 392 valence electrons. The summed E-state index contributed by atoms with van der Waals surface area (Å²) >= 11 is 1.05. The SMILES string of the molecule is CC(=O)OCO.CC(=O)OCOC(=O)CN(CC(=O)OCOC(C)=O)c1ccc(C)cc1OCCOc1cc2cc(-c3ccc(C#N)s3)c(=O)oc2cc1N(CC(=O)OCOC(C)=O)CC(=O)OCOC(C)=O. The molecule has 2 heterocycles. The zero-order valence-electron chi connectivity index (χ0n) is 40.1. The summed E-state index contributed by atoms with van der Waals surface area (Å²) in [5.74, 6) is -7.05. The number of aliphatic hydroxyl groups excluding tert-OH is 1. The Morgan fingerprint density at radius 1 is 0.575 bits per heavy atom. The first kappa shape index (κ1) is 58.5. The Morgan fingerprint density at radius 2 is 1.01 bits per heavy atom. The van der Waals surface area contributed by atoms with Crippen molar-refractivity contribution in [2.45, 2.75) is 41.5 Å². The molecule has 4 rings (SSSR count). The van der Waals surface area contributed by atoms with Crippen LogP contribution < -0.4 is 24.9 Å². The molecule has 26 nitrogen and oxygen atoms in total. The zero-order chi connectivity index (χ0) is 54.0. The first-order valence-electron chi connectivity index (χ1n) is 21.1. The number of benzene rings is 2. The number of thiophene rings is 1. The summed E-state index contributed by atoms with van der Waals surface area (Å²) in [5, 5.41) is 17.5. The van der Waals surface area contributed by atoms with Gasteiger partial charge in [0.25, 0.3) is 0 Å². The highest BCUT2D eigenvalue weighted by Crippen LogP contribution is 2.36. The highest BCUT2D eigenvalue weighted by Gasteiger charge is 2.25. The second-order valence-electron chi connectivity index (χ2n) is 14.3. The zero-order valence-corrected chi connectivity index (χ0v) is 40.9. The average Bonchev–Trinajstić information content (AvgIpc) is 3.79. The van der Waals surface area contributed by atoms with E-state index in [2.05, 4.69) is 14.2 Å². The van der Waals surface area contributed by atoms with E-state index in [9.17, 15) is 53.2 Å². The van der Waals surface area contributed by atoms with Gasteiger partial charge in [-0.1, -0.05) is 6.07 Å². The quantitative estimate of drug-likeness (QED) is 0.0327. The largest absolute Gasteiger partial charge is 0.488 e. The molecule has 0 amide bonds. The van der Waals surface area contributed by atoms with Crippen LogP contribution in [0.2, 0.25) is 0 Å². The van der Waals surface area contributed by atoms with Crippen molar-refractivity contribution >= 4 is 87.4 Å². The van der Waals surface area contributed by atoms with E-state index in [4.69, 9.17) is 47.4 Å². The van der Waals surface area contributed by atoms with Crippen LogP contribution in [0.4, 0.5) is 11.4 Å². The Labute approximate surface area is 418 Å². The lowest BCUT2D eigenvalue weighted by atomic mass is 10.1. The lowest BCUT2D eigenvalue weighted by molar-refractivity contribution is -0.167. The summed E-state index contributed by atoms with van der Waals surface area (Å²) in [7, 11) is 0. The summed E-state index contributed by atoms with van der Waals surface area (Å²) in [5.41, 5.74) is 0.155. The van der Waals surface area contributed by atoms with Crippen molar-refractivity contribution in [2.75, 3.05) is 83.2 Å². The molecule has 0 unspecified atom stereocenters. The molecule has 0 aliphatic heterocycles. The first-order valence-corrected chi connectivity index (χ1v) is 21.9. The Kier molecular flexibility index (Phi) is 24.1. The van der Waals surface area contributed by atoms with E-state index in [1.165, 1.54) is 36.1 Å². The molecular formula is C46H49N3O23S. The predicted molar refractivity (Wildman–Crippen MR) is 247 cm³/mol. The van der Waals surface area contributed by atoms with Gasteiger partial charge in [-0.2, -0.15) is 5.26 Å². The standard InChI is InChI=1S/C43H43N3O20S.C3H6O3/c1-25-6-8-33(45(17-39(51)62-21-58-26(2)47)18-40(52)63-22-59-27(3)48)36(12-25)56-10-11-57-37-14-30-13-32(38-9-7-31(16-44)67-38)43(55)66-35(30)15-34(37)46(19-41(53)64-23-60-28(4)49)20-42(54)65-24-61-29(5)50;1-3(5)6-2-4/h6-9,12-15H,10-11,17-24H2,1-5H3;4H,2H2,1H3. The molecule has 0 saturated carbocycles. The number of ether oxygens (including phenoxy) is 11. The lowest BCUT2D eigenvalue weighted by Crippen LogP contribution is -2.37. The number of rotatable bonds is 25. The van der Waals surface area contributed by atoms with Crippen LogP contribution in [0.1, 0.15) is 45.1 Å². The molecule has 0 bridgehead atoms. The third-order valence-corrected chi connectivity index (χ3v) is 9.69. The normalized spacial score (nSPS) is 10.2. The number of carbonyl (C=O) groups excluding carboxylic acids is 9. The highest BCUT2D eigenvalue weighted by atomic mass is 32.1. The van der Waals surface area contributed by atoms with Gasteiger partial charge in [-0.05, 0) is 48.9 Å². The van der Waals surface area contributed by atoms with Crippen LogP contribution in [0.15, 0.2) is 57.7 Å². The molecule has 2 aromatic carbocycles. The van der Waals surface area contributed by atoms with E-state index < -0.39 is 119 Å². The average molecular weight is 1040 g/mol. The molecule has 0 aliphatic carbocycles. The molecule has 0 fully saturated rings. The first-order chi connectivity index (χ1) is 34.7. The Bertz CT molecular complexity index is 2660. The monoisotopic (exact) mass is 1040 g/mol. The molecular weight excluding hydrogens is 995 g/mol. The van der Waals surface area contributed by atoms with Crippen LogP contribution in [-0.2, 0) is 85.8 Å². The van der Waals surface area contributed by atoms with E-state index in [0.29, 0.717) is 20.7 Å². The molecule has 0 radical (unpaired) electrons. The number of aryl methyl sites for hydroxylation is 1. The Morgan fingerprint density at radius 3 is 1.41 bits per heavy atom. The van der Waals surface area contributed by atoms with E-state index >= 15 is 0 Å². The number of hydrogen-bond acceptors (Lipinski definition) is 27. The number of nitriles is 1. The second kappa shape index (κ2) is 30.1. The molecule has 27 heteroatoms. The van der Waals surface area contributed by atoms with Crippen molar-refractivity contribution in [1.82, 2.24) is 0 Å². The third-order valence-electron chi connectivity index (χ3n) is 8.67. The number of esters is 9. The van der Waals surface area contributed by atoms with E-state index in [1.54, 1.807) is 31.2 Å². The van der Waals surface area contributed by atoms with Crippen LogP contribution in [0.5, 0.6) is 11.5 Å². The third kappa shape index (κ3) is 21.4. The highest BCUT2D eigenvalue weighted by molar-refractivity contribution is 7.16. The number of fused-ring (bicyclic) bond motifs is 1. The number of hydrogen-bond donors (Lipinski definition) is 1. The van der Waals surface area contributed by atoms with Gasteiger partial charge in [-0.25, -0.2) is 4.79 Å². The maximum atomic E-state index is 13.3. The van der Waals surface area contributed by atoms with E-state index in [0.717, 1.165) is 43.9 Å². The smallest absolute Gasteiger partial charge is 0.345 e. The van der Waals surface area contributed by atoms with Gasteiger partial charge in [0.15, 0.2) is 6.79 Å². The maximum Gasteiger partial charge on any atom is 0.345 e. The van der Waals surface area contributed by atoms with Crippen molar-refractivity contribution in [2.24, 2.45) is 0 Å². The minimum Gasteiger partial charge on any atom is -0.488 e. The summed E-state index contributed by atoms with van der Waals surface area (Å²) in [4.78, 5) is 123. The molecule has 73 heavy (non-hydrogen) atoms. The van der Waals surface area contributed by atoms with Gasteiger partial charge in [0.1, 0.15) is 67.4 Å². The number of nitrogens with zero attached hydrogens (tertiary/aromatic N) is 3. The molecule has 2 aromatic heterocycles. The van der Waals surface area contributed by atoms with Gasteiger partial charge < -0.3 is 71.4 Å². The predicted octanol–water partition coefficient (Wildman–Crippen LogP) is 2.53. The van der Waals surface area contributed by atoms with Crippen LogP contribution in [0.25, 0.3) is 21.4 Å². The summed E-state index contributed by atoms with van der Waals surface area (Å²) in [6.07, 6.45) is 0. The number of aliphatic hydroxyl groups is 1. The Balaban J connectivity index is 0.00000220. The lowest BCUT2D eigenvalue weighted by Gasteiger charge is -2.26. The van der Waals surface area contributed by atoms with Crippen molar-refractivity contribution in [3.8, 4) is 28.0 Å². The van der Waals surface area contributed by atoms with Gasteiger partial charge in [0, 0.05) is 50.9 Å². The van der Waals surface area contributed by atoms with Gasteiger partial charge in [0.05, 0.1) is 16.9 Å². The molecule has 0 aliphatic rings. The minimum absolute atomic E-state index is 0.0162. The summed E-state index contributed by atoms with van der Waals surface area (Å²) in [6, 6.07) is 14.2. The summed E-state index contributed by atoms with van der Waals surface area (Å²) < 4.78 is 60.7. The van der Waals surface area contributed by atoms with Gasteiger partial charge in [-0.3, -0.25) is 43.2 Å². The molecule has 0 spiro atoms.